The van der Waals surface area contributed by atoms with Crippen molar-refractivity contribution in [2.45, 2.75) is 12.8 Å². The Morgan fingerprint density at radius 3 is 3.08 bits per heavy atom. The van der Waals surface area contributed by atoms with Gasteiger partial charge in [-0.25, -0.2) is 4.21 Å². The maximum atomic E-state index is 9.93. The van der Waals surface area contributed by atoms with Crippen molar-refractivity contribution in [3.8, 4) is 0 Å². The second-order valence-corrected chi connectivity index (χ2v) is 2.97. The molecular formula is C7H10NO3S-. The lowest BCUT2D eigenvalue weighted by atomic mass is 10.2. The highest BCUT2D eigenvalue weighted by molar-refractivity contribution is 7.74. The van der Waals surface area contributed by atoms with E-state index < -0.39 is 11.4 Å². The van der Waals surface area contributed by atoms with Crippen molar-refractivity contribution in [3.05, 3.63) is 24.0 Å². The summed E-state index contributed by atoms with van der Waals surface area (Å²) in [5, 5.41) is 0. The maximum Gasteiger partial charge on any atom is 0.0842 e. The summed E-state index contributed by atoms with van der Waals surface area (Å²) in [5.41, 5.74) is 1.09. The average Bonchev–Trinajstić information content (AvgIpc) is 2.49. The summed E-state index contributed by atoms with van der Waals surface area (Å²) < 4.78 is 24.2. The smallest absolute Gasteiger partial charge is 0.0842 e. The number of hydrogen-bond acceptors (Lipinski definition) is 3. The fourth-order valence-electron chi connectivity index (χ4n) is 0.913. The Kier molecular flexibility index (Phi) is 3.99. The van der Waals surface area contributed by atoms with Crippen molar-refractivity contribution >= 4 is 11.4 Å². The van der Waals surface area contributed by atoms with Crippen LogP contribution >= 0.6 is 0 Å². The maximum absolute atomic E-state index is 9.93. The zero-order valence-corrected chi connectivity index (χ0v) is 7.30. The van der Waals surface area contributed by atoms with E-state index in [0.717, 1.165) is 12.1 Å². The van der Waals surface area contributed by atoms with E-state index in [2.05, 4.69) is 9.17 Å². The number of rotatable bonds is 5. The molecule has 12 heavy (non-hydrogen) atoms. The molecule has 1 heterocycles. The molecule has 0 spiro atoms. The Morgan fingerprint density at radius 1 is 1.67 bits per heavy atom. The minimum absolute atomic E-state index is 0.245. The fourth-order valence-corrected chi connectivity index (χ4v) is 1.17. The number of nitrogens with one attached hydrogen (secondary N) is 1. The molecule has 0 aromatic carbocycles. The molecule has 0 saturated heterocycles. The van der Waals surface area contributed by atoms with Crippen LogP contribution < -0.4 is 0 Å². The van der Waals surface area contributed by atoms with E-state index >= 15 is 0 Å². The highest BCUT2D eigenvalue weighted by Crippen LogP contribution is 1.99. The van der Waals surface area contributed by atoms with Gasteiger partial charge in [-0.05, 0) is 25.0 Å². The molecule has 0 radical (unpaired) electrons. The normalized spacial score (nSPS) is 13.1. The number of aromatic amines is 1. The summed E-state index contributed by atoms with van der Waals surface area (Å²) in [5.74, 6) is 0. The molecule has 0 aliphatic carbocycles. The molecule has 1 aromatic rings. The lowest BCUT2D eigenvalue weighted by Gasteiger charge is -2.04. The minimum atomic E-state index is -2.37. The average molecular weight is 188 g/mol. The molecule has 5 heteroatoms. The molecule has 1 aromatic heterocycles. The van der Waals surface area contributed by atoms with E-state index in [0.29, 0.717) is 6.42 Å². The summed E-state index contributed by atoms with van der Waals surface area (Å²) in [6.45, 7) is 0.245. The predicted molar refractivity (Wildman–Crippen MR) is 44.0 cm³/mol. The van der Waals surface area contributed by atoms with Gasteiger partial charge in [0.25, 0.3) is 0 Å². The number of hydrogen-bond donors (Lipinski definition) is 1. The zero-order valence-electron chi connectivity index (χ0n) is 6.49. The Labute approximate surface area is 73.4 Å². The Balaban J connectivity index is 2.07. The first-order chi connectivity index (χ1) is 5.79. The van der Waals surface area contributed by atoms with Crippen molar-refractivity contribution in [2.75, 3.05) is 6.61 Å². The third-order valence-corrected chi connectivity index (χ3v) is 1.79. The first-order valence-corrected chi connectivity index (χ1v) is 4.64. The minimum Gasteiger partial charge on any atom is -0.750 e. The molecule has 0 saturated carbocycles. The zero-order chi connectivity index (χ0) is 8.81. The van der Waals surface area contributed by atoms with Crippen molar-refractivity contribution in [2.24, 2.45) is 0 Å². The first-order valence-electron chi connectivity index (χ1n) is 3.64. The highest BCUT2D eigenvalue weighted by atomic mass is 32.2. The van der Waals surface area contributed by atoms with Crippen LogP contribution in [0.5, 0.6) is 0 Å². The molecule has 0 bridgehead atoms. The van der Waals surface area contributed by atoms with E-state index in [1.54, 1.807) is 0 Å². The van der Waals surface area contributed by atoms with E-state index in [4.69, 9.17) is 0 Å². The van der Waals surface area contributed by atoms with Crippen LogP contribution in [0.3, 0.4) is 0 Å². The van der Waals surface area contributed by atoms with Crippen molar-refractivity contribution in [1.82, 2.24) is 4.98 Å². The van der Waals surface area contributed by atoms with Gasteiger partial charge in [0.05, 0.1) is 18.0 Å². The third-order valence-electron chi connectivity index (χ3n) is 1.43. The van der Waals surface area contributed by atoms with E-state index in [1.165, 1.54) is 0 Å². The molecular weight excluding hydrogens is 178 g/mol. The first kappa shape index (κ1) is 9.44. The highest BCUT2D eigenvalue weighted by Gasteiger charge is 1.92. The van der Waals surface area contributed by atoms with E-state index in [-0.39, 0.29) is 6.61 Å². The lowest BCUT2D eigenvalue weighted by Crippen LogP contribution is -1.99. The van der Waals surface area contributed by atoms with Gasteiger partial charge in [-0.2, -0.15) is 0 Å². The van der Waals surface area contributed by atoms with Crippen LogP contribution in [0.1, 0.15) is 12.1 Å². The van der Waals surface area contributed by atoms with Gasteiger partial charge < -0.3 is 13.7 Å². The molecule has 0 aliphatic rings. The Morgan fingerprint density at radius 2 is 2.50 bits per heavy atom. The summed E-state index contributed by atoms with van der Waals surface area (Å²) in [6.07, 6.45) is 3.35. The summed E-state index contributed by atoms with van der Waals surface area (Å²) >= 11 is -2.37. The molecule has 68 valence electrons. The number of H-pyrrole nitrogens is 1. The van der Waals surface area contributed by atoms with Gasteiger partial charge in [0.2, 0.25) is 0 Å². The Bertz CT molecular complexity index is 235. The van der Waals surface area contributed by atoms with Crippen molar-refractivity contribution in [3.63, 3.8) is 0 Å². The summed E-state index contributed by atoms with van der Waals surface area (Å²) in [4.78, 5) is 3.02. The SMILES string of the molecule is O=S([O-])OCCCc1ccc[nH]1. The monoisotopic (exact) mass is 188 g/mol. The lowest BCUT2D eigenvalue weighted by molar-refractivity contribution is 0.295. The van der Waals surface area contributed by atoms with Crippen LogP contribution in [0.4, 0.5) is 0 Å². The van der Waals surface area contributed by atoms with Crippen LogP contribution in [0.15, 0.2) is 18.3 Å². The van der Waals surface area contributed by atoms with Crippen LogP contribution in [0.25, 0.3) is 0 Å². The van der Waals surface area contributed by atoms with Gasteiger partial charge in [0.1, 0.15) is 0 Å². The van der Waals surface area contributed by atoms with E-state index in [1.807, 2.05) is 18.3 Å². The third kappa shape index (κ3) is 3.66. The molecule has 0 amide bonds. The largest absolute Gasteiger partial charge is 0.750 e. The van der Waals surface area contributed by atoms with Crippen LogP contribution in [0.2, 0.25) is 0 Å². The van der Waals surface area contributed by atoms with Gasteiger partial charge in [-0.1, -0.05) is 0 Å². The number of aryl methyl sites for hydroxylation is 1. The second-order valence-electron chi connectivity index (χ2n) is 2.33. The number of aromatic nitrogens is 1. The van der Waals surface area contributed by atoms with Gasteiger partial charge in [0, 0.05) is 11.9 Å². The topological polar surface area (TPSA) is 65.2 Å². The van der Waals surface area contributed by atoms with Crippen LogP contribution in [-0.2, 0) is 22.0 Å². The second kappa shape index (κ2) is 5.08. The van der Waals surface area contributed by atoms with Crippen molar-refractivity contribution in [1.29, 1.82) is 0 Å². The molecule has 1 N–H and O–H groups in total. The van der Waals surface area contributed by atoms with Gasteiger partial charge >= 0.3 is 0 Å². The van der Waals surface area contributed by atoms with Crippen LogP contribution in [0, 0.1) is 0 Å². The van der Waals surface area contributed by atoms with Crippen molar-refractivity contribution < 1.29 is 12.9 Å². The molecule has 1 atom stereocenters. The molecule has 4 nitrogen and oxygen atoms in total. The fraction of sp³-hybridized carbons (Fsp3) is 0.429. The van der Waals surface area contributed by atoms with E-state index in [9.17, 15) is 8.76 Å². The quantitative estimate of drug-likeness (QED) is 0.548. The molecule has 1 rings (SSSR count). The van der Waals surface area contributed by atoms with Gasteiger partial charge in [-0.3, -0.25) is 0 Å². The molecule has 0 aliphatic heterocycles. The van der Waals surface area contributed by atoms with Gasteiger partial charge in [-0.15, -0.1) is 0 Å². The summed E-state index contributed by atoms with van der Waals surface area (Å²) in [7, 11) is 0. The Hall–Kier alpha value is -0.650. The predicted octanol–water partition coefficient (Wildman–Crippen LogP) is 0.758. The molecule has 1 unspecified atom stereocenters. The standard InChI is InChI=1S/C7H11NO3S/c9-12(10)11-6-2-4-7-3-1-5-8-7/h1,3,5,8H,2,4,6H2,(H,9,10)/p-1. The van der Waals surface area contributed by atoms with Crippen LogP contribution in [-0.4, -0.2) is 20.4 Å². The summed E-state index contributed by atoms with van der Waals surface area (Å²) in [6, 6.07) is 3.86. The van der Waals surface area contributed by atoms with Gasteiger partial charge in [0.15, 0.2) is 0 Å². The molecule has 0 fully saturated rings.